The Morgan fingerprint density at radius 2 is 2.12 bits per heavy atom. The number of hydrogen-bond donors (Lipinski definition) is 2. The predicted molar refractivity (Wildman–Crippen MR) is 98.2 cm³/mol. The maximum Gasteiger partial charge on any atom is 0.321 e. The molecule has 0 unspecified atom stereocenters. The Labute approximate surface area is 148 Å². The summed E-state index contributed by atoms with van der Waals surface area (Å²) in [4.78, 5) is 26.6. The summed E-state index contributed by atoms with van der Waals surface area (Å²) < 4.78 is 0. The number of aldehydes is 1. The van der Waals surface area contributed by atoms with Gasteiger partial charge in [0, 0.05) is 38.8 Å². The largest absolute Gasteiger partial charge is 0.371 e. The zero-order valence-corrected chi connectivity index (χ0v) is 15.0. The van der Waals surface area contributed by atoms with Crippen LogP contribution in [-0.2, 0) is 4.79 Å². The number of nitrogens with one attached hydrogen (secondary N) is 2. The molecule has 0 radical (unpaired) electrons. The lowest BCUT2D eigenvalue weighted by Crippen LogP contribution is -2.41. The summed E-state index contributed by atoms with van der Waals surface area (Å²) in [6.45, 7) is 2.32. The molecule has 2 N–H and O–H groups in total. The van der Waals surface area contributed by atoms with Crippen LogP contribution >= 0.6 is 11.6 Å². The predicted octanol–water partition coefficient (Wildman–Crippen LogP) is 2.26. The number of benzene rings is 1. The zero-order valence-electron chi connectivity index (χ0n) is 14.2. The Kier molecular flexibility index (Phi) is 6.87. The standard InChI is InChI=1S/C17H25ClN4O2/c1-19-17(24)22(10-3-11-23)16-12-14(4-5-15(16)18)21(2)13-6-8-20-9-7-13/h4-5,11-13,20H,3,6-10H2,1-2H3,(H,19,24). The lowest BCUT2D eigenvalue weighted by Gasteiger charge is -2.34. The van der Waals surface area contributed by atoms with Crippen molar-refractivity contribution in [2.24, 2.45) is 0 Å². The van der Waals surface area contributed by atoms with E-state index in [2.05, 4.69) is 22.6 Å². The van der Waals surface area contributed by atoms with Crippen LogP contribution in [-0.4, -0.2) is 52.1 Å². The van der Waals surface area contributed by atoms with Crippen molar-refractivity contribution in [2.45, 2.75) is 25.3 Å². The third-order valence-electron chi connectivity index (χ3n) is 4.41. The number of piperidine rings is 1. The van der Waals surface area contributed by atoms with Gasteiger partial charge in [-0.05, 0) is 44.1 Å². The summed E-state index contributed by atoms with van der Waals surface area (Å²) in [7, 11) is 3.63. The monoisotopic (exact) mass is 352 g/mol. The summed E-state index contributed by atoms with van der Waals surface area (Å²) >= 11 is 6.32. The van der Waals surface area contributed by atoms with Gasteiger partial charge < -0.3 is 20.3 Å². The molecule has 6 nitrogen and oxygen atoms in total. The van der Waals surface area contributed by atoms with Crippen molar-refractivity contribution in [1.29, 1.82) is 0 Å². The molecule has 1 saturated heterocycles. The van der Waals surface area contributed by atoms with Crippen molar-refractivity contribution < 1.29 is 9.59 Å². The van der Waals surface area contributed by atoms with Crippen LogP contribution < -0.4 is 20.4 Å². The van der Waals surface area contributed by atoms with E-state index in [1.54, 1.807) is 13.1 Å². The van der Waals surface area contributed by atoms with Crippen LogP contribution in [0.1, 0.15) is 19.3 Å². The van der Waals surface area contributed by atoms with Crippen molar-refractivity contribution in [3.63, 3.8) is 0 Å². The van der Waals surface area contributed by atoms with Crippen LogP contribution in [0, 0.1) is 0 Å². The van der Waals surface area contributed by atoms with Crippen molar-refractivity contribution in [3.8, 4) is 0 Å². The van der Waals surface area contributed by atoms with Crippen LogP contribution in [0.15, 0.2) is 18.2 Å². The first-order valence-corrected chi connectivity index (χ1v) is 8.62. The van der Waals surface area contributed by atoms with Crippen LogP contribution in [0.3, 0.4) is 0 Å². The molecule has 0 aliphatic carbocycles. The van der Waals surface area contributed by atoms with Crippen molar-refractivity contribution in [2.75, 3.05) is 43.5 Å². The SMILES string of the molecule is CNC(=O)N(CCC=O)c1cc(N(C)C2CCNCC2)ccc1Cl. The molecule has 1 heterocycles. The zero-order chi connectivity index (χ0) is 17.5. The Hall–Kier alpha value is -1.79. The van der Waals surface area contributed by atoms with E-state index in [1.807, 2.05) is 12.1 Å². The lowest BCUT2D eigenvalue weighted by molar-refractivity contribution is -0.107. The topological polar surface area (TPSA) is 64.7 Å². The van der Waals surface area contributed by atoms with Crippen LogP contribution in [0.25, 0.3) is 0 Å². The maximum atomic E-state index is 12.2. The molecule has 1 aliphatic rings. The minimum absolute atomic E-state index is 0.262. The third-order valence-corrected chi connectivity index (χ3v) is 4.73. The third kappa shape index (κ3) is 4.39. The second-order valence-electron chi connectivity index (χ2n) is 5.89. The van der Waals surface area contributed by atoms with E-state index < -0.39 is 0 Å². The summed E-state index contributed by atoms with van der Waals surface area (Å²) in [6.07, 6.45) is 3.23. The molecule has 0 bridgehead atoms. The van der Waals surface area contributed by atoms with E-state index in [4.69, 9.17) is 11.6 Å². The van der Waals surface area contributed by atoms with Gasteiger partial charge in [-0.1, -0.05) is 11.6 Å². The summed E-state index contributed by atoms with van der Waals surface area (Å²) in [5, 5.41) is 6.46. The van der Waals surface area contributed by atoms with Gasteiger partial charge in [-0.15, -0.1) is 0 Å². The molecule has 1 aromatic carbocycles. The molecule has 1 fully saturated rings. The Balaban J connectivity index is 2.27. The number of nitrogens with zero attached hydrogens (tertiary/aromatic N) is 2. The molecule has 0 spiro atoms. The molecule has 2 rings (SSSR count). The van der Waals surface area contributed by atoms with E-state index in [0.29, 0.717) is 23.3 Å². The first-order valence-electron chi connectivity index (χ1n) is 8.24. The highest BCUT2D eigenvalue weighted by Gasteiger charge is 2.21. The lowest BCUT2D eigenvalue weighted by atomic mass is 10.0. The average Bonchev–Trinajstić information content (AvgIpc) is 2.63. The first kappa shape index (κ1) is 18.5. The van der Waals surface area contributed by atoms with E-state index in [0.717, 1.165) is 37.9 Å². The van der Waals surface area contributed by atoms with E-state index >= 15 is 0 Å². The molecule has 1 aromatic rings. The number of anilines is 2. The van der Waals surface area contributed by atoms with Crippen molar-refractivity contribution in [3.05, 3.63) is 23.2 Å². The van der Waals surface area contributed by atoms with Crippen LogP contribution in [0.4, 0.5) is 16.2 Å². The van der Waals surface area contributed by atoms with Crippen LogP contribution in [0.5, 0.6) is 0 Å². The van der Waals surface area contributed by atoms with Gasteiger partial charge in [0.2, 0.25) is 0 Å². The smallest absolute Gasteiger partial charge is 0.321 e. The minimum Gasteiger partial charge on any atom is -0.371 e. The fraction of sp³-hybridized carbons (Fsp3) is 0.529. The van der Waals surface area contributed by atoms with Gasteiger partial charge in [0.25, 0.3) is 0 Å². The second-order valence-corrected chi connectivity index (χ2v) is 6.30. The maximum absolute atomic E-state index is 12.2. The molecule has 0 atom stereocenters. The quantitative estimate of drug-likeness (QED) is 0.771. The molecule has 24 heavy (non-hydrogen) atoms. The van der Waals surface area contributed by atoms with Gasteiger partial charge >= 0.3 is 6.03 Å². The number of halogens is 1. The molecule has 2 amide bonds. The number of carbonyl (C=O) groups excluding carboxylic acids is 2. The van der Waals surface area contributed by atoms with Gasteiger partial charge in [-0.3, -0.25) is 4.90 Å². The highest BCUT2D eigenvalue weighted by Crippen LogP contribution is 2.32. The van der Waals surface area contributed by atoms with E-state index in [1.165, 1.54) is 4.90 Å². The van der Waals surface area contributed by atoms with Gasteiger partial charge in [-0.2, -0.15) is 0 Å². The van der Waals surface area contributed by atoms with Crippen molar-refractivity contribution in [1.82, 2.24) is 10.6 Å². The fourth-order valence-corrected chi connectivity index (χ4v) is 3.20. The molecular weight excluding hydrogens is 328 g/mol. The summed E-state index contributed by atoms with van der Waals surface area (Å²) in [5.41, 5.74) is 1.64. The van der Waals surface area contributed by atoms with Gasteiger partial charge in [0.1, 0.15) is 6.29 Å². The minimum atomic E-state index is -0.277. The Bertz CT molecular complexity index is 576. The summed E-state index contributed by atoms with van der Waals surface area (Å²) in [5.74, 6) is 0. The molecule has 1 aliphatic heterocycles. The molecule has 7 heteroatoms. The second kappa shape index (κ2) is 8.89. The van der Waals surface area contributed by atoms with Gasteiger partial charge in [0.05, 0.1) is 10.7 Å². The Morgan fingerprint density at radius 3 is 2.75 bits per heavy atom. The van der Waals surface area contributed by atoms with Gasteiger partial charge in [-0.25, -0.2) is 4.79 Å². The number of rotatable bonds is 6. The molecular formula is C17H25ClN4O2. The molecule has 0 saturated carbocycles. The molecule has 132 valence electrons. The average molecular weight is 353 g/mol. The summed E-state index contributed by atoms with van der Waals surface area (Å²) in [6, 6.07) is 5.88. The number of urea groups is 1. The normalized spacial score (nSPS) is 15.0. The van der Waals surface area contributed by atoms with E-state index in [-0.39, 0.29) is 12.5 Å². The highest BCUT2D eigenvalue weighted by atomic mass is 35.5. The van der Waals surface area contributed by atoms with E-state index in [9.17, 15) is 9.59 Å². The van der Waals surface area contributed by atoms with Gasteiger partial charge in [0.15, 0.2) is 0 Å². The van der Waals surface area contributed by atoms with Crippen LogP contribution in [0.2, 0.25) is 5.02 Å². The number of carbonyl (C=O) groups is 2. The first-order chi connectivity index (χ1) is 11.6. The Morgan fingerprint density at radius 1 is 1.42 bits per heavy atom. The fourth-order valence-electron chi connectivity index (χ4n) is 2.98. The van der Waals surface area contributed by atoms with Crippen molar-refractivity contribution >= 4 is 35.3 Å². The number of hydrogen-bond acceptors (Lipinski definition) is 4. The highest BCUT2D eigenvalue weighted by molar-refractivity contribution is 6.34. The number of amides is 2. The molecule has 0 aromatic heterocycles.